The number of allylic oxidation sites excluding steroid dienone is 10. The smallest absolute Gasteiger partial charge is 0.306 e. The second kappa shape index (κ2) is 49.6. The Hall–Kier alpha value is -2.44. The van der Waals surface area contributed by atoms with E-state index in [1.807, 2.05) is 24.3 Å². The molecule has 0 bridgehead atoms. The summed E-state index contributed by atoms with van der Waals surface area (Å²) in [4.78, 5) is 26.2. The molecule has 3 unspecified atom stereocenters. The van der Waals surface area contributed by atoms with E-state index >= 15 is 0 Å². The summed E-state index contributed by atoms with van der Waals surface area (Å²) >= 11 is 0. The Kier molecular flexibility index (Phi) is 47.6. The van der Waals surface area contributed by atoms with Gasteiger partial charge in [-0.05, 0) is 44.9 Å². The SMILES string of the molecule is CCC/C=C/C=C/C=C/C=C/C=C/CCCCCCCC(=O)OC(CCCCCCCCCCCCCCC)CC(=O)NC(CO)C(O)CCCCCCCCCCCCCC. The highest BCUT2D eigenvalue weighted by molar-refractivity contribution is 5.77. The lowest BCUT2D eigenvalue weighted by Crippen LogP contribution is -2.46. The zero-order valence-corrected chi connectivity index (χ0v) is 41.0. The summed E-state index contributed by atoms with van der Waals surface area (Å²) in [5.41, 5.74) is 0. The van der Waals surface area contributed by atoms with E-state index in [1.165, 1.54) is 135 Å². The number of carbonyl (C=O) groups is 2. The number of aliphatic hydroxyl groups excluding tert-OH is 2. The van der Waals surface area contributed by atoms with Crippen LogP contribution in [0.3, 0.4) is 0 Å². The van der Waals surface area contributed by atoms with E-state index in [0.717, 1.165) is 77.0 Å². The largest absolute Gasteiger partial charge is 0.462 e. The molecule has 0 radical (unpaired) electrons. The first-order chi connectivity index (χ1) is 30.5. The van der Waals surface area contributed by atoms with Crippen molar-refractivity contribution in [3.8, 4) is 0 Å². The predicted octanol–water partition coefficient (Wildman–Crippen LogP) is 16.0. The molecule has 0 aromatic heterocycles. The molecule has 0 fully saturated rings. The Balaban J connectivity index is 4.61. The molecule has 3 N–H and O–H groups in total. The summed E-state index contributed by atoms with van der Waals surface area (Å²) in [6.45, 7) is 6.40. The maximum atomic E-state index is 13.2. The van der Waals surface area contributed by atoms with Gasteiger partial charge in [-0.15, -0.1) is 0 Å². The first kappa shape index (κ1) is 59.6. The van der Waals surface area contributed by atoms with E-state index in [0.29, 0.717) is 19.3 Å². The Bertz CT molecular complexity index is 1110. The molecule has 6 nitrogen and oxygen atoms in total. The highest BCUT2D eigenvalue weighted by Crippen LogP contribution is 2.18. The Labute approximate surface area is 384 Å². The lowest BCUT2D eigenvalue weighted by Gasteiger charge is -2.24. The molecular weight excluding hydrogens is 767 g/mol. The van der Waals surface area contributed by atoms with Crippen molar-refractivity contribution < 1.29 is 24.5 Å². The number of nitrogens with one attached hydrogen (secondary N) is 1. The van der Waals surface area contributed by atoms with Crippen molar-refractivity contribution >= 4 is 11.9 Å². The maximum Gasteiger partial charge on any atom is 0.306 e. The van der Waals surface area contributed by atoms with Crippen molar-refractivity contribution in [2.45, 2.75) is 277 Å². The van der Waals surface area contributed by atoms with Gasteiger partial charge in [0, 0.05) is 6.42 Å². The predicted molar refractivity (Wildman–Crippen MR) is 268 cm³/mol. The molecule has 62 heavy (non-hydrogen) atoms. The molecule has 0 heterocycles. The van der Waals surface area contributed by atoms with Crippen LogP contribution in [0.1, 0.15) is 258 Å². The van der Waals surface area contributed by atoms with Crippen LogP contribution in [0, 0.1) is 0 Å². The number of ether oxygens (including phenoxy) is 1. The summed E-state index contributed by atoms with van der Waals surface area (Å²) in [6, 6.07) is -0.706. The quantitative estimate of drug-likeness (QED) is 0.0322. The molecule has 0 saturated carbocycles. The molecule has 0 aliphatic carbocycles. The second-order valence-corrected chi connectivity index (χ2v) is 18.1. The maximum absolute atomic E-state index is 13.2. The molecule has 0 rings (SSSR count). The molecule has 360 valence electrons. The van der Waals surface area contributed by atoms with Gasteiger partial charge in [0.2, 0.25) is 5.91 Å². The number of amides is 1. The molecule has 1 amide bonds. The van der Waals surface area contributed by atoms with Gasteiger partial charge in [0.1, 0.15) is 6.10 Å². The summed E-state index contributed by atoms with van der Waals surface area (Å²) in [7, 11) is 0. The third-order valence-electron chi connectivity index (χ3n) is 12.0. The number of aliphatic hydroxyl groups is 2. The highest BCUT2D eigenvalue weighted by Gasteiger charge is 2.24. The fraction of sp³-hybridized carbons (Fsp3) is 0.786. The van der Waals surface area contributed by atoms with Gasteiger partial charge < -0.3 is 20.3 Å². The minimum absolute atomic E-state index is 0.0680. The van der Waals surface area contributed by atoms with E-state index in [4.69, 9.17) is 4.74 Å². The Morgan fingerprint density at radius 1 is 0.468 bits per heavy atom. The standard InChI is InChI=1S/C56H101NO5/c1-4-7-10-13-16-19-22-25-26-27-28-29-31-34-37-40-43-46-49-56(61)62-52(47-44-41-38-35-32-30-23-20-17-14-11-8-5-2)50-55(60)57-53(51-58)54(59)48-45-42-39-36-33-24-21-18-15-12-9-6-3/h10,13,16,19,22,25-29,52-54,58-59H,4-9,11-12,14-15,17-18,20-21,23-24,30-51H2,1-3H3,(H,57,60)/b13-10+,19-16+,25-22+,27-26+,29-28+. The van der Waals surface area contributed by atoms with Crippen molar-refractivity contribution in [3.63, 3.8) is 0 Å². The first-order valence-electron chi connectivity index (χ1n) is 26.6. The minimum atomic E-state index is -0.792. The lowest BCUT2D eigenvalue weighted by molar-refractivity contribution is -0.151. The fourth-order valence-electron chi connectivity index (χ4n) is 7.93. The number of hydrogen-bond acceptors (Lipinski definition) is 5. The van der Waals surface area contributed by atoms with Crippen LogP contribution in [-0.4, -0.2) is 46.9 Å². The van der Waals surface area contributed by atoms with Crippen LogP contribution in [0.4, 0.5) is 0 Å². The average Bonchev–Trinajstić information content (AvgIpc) is 3.26. The van der Waals surface area contributed by atoms with E-state index in [1.54, 1.807) is 0 Å². The Morgan fingerprint density at radius 2 is 0.855 bits per heavy atom. The molecule has 0 aliphatic rings. The Morgan fingerprint density at radius 3 is 1.31 bits per heavy atom. The van der Waals surface area contributed by atoms with Gasteiger partial charge in [-0.2, -0.15) is 0 Å². The normalized spacial score (nSPS) is 13.7. The minimum Gasteiger partial charge on any atom is -0.462 e. The van der Waals surface area contributed by atoms with Crippen molar-refractivity contribution in [1.29, 1.82) is 0 Å². The lowest BCUT2D eigenvalue weighted by atomic mass is 10.0. The summed E-state index contributed by atoms with van der Waals surface area (Å²) in [6.07, 6.45) is 61.3. The number of rotatable bonds is 47. The van der Waals surface area contributed by atoms with Crippen LogP contribution in [0.2, 0.25) is 0 Å². The van der Waals surface area contributed by atoms with Gasteiger partial charge in [-0.1, -0.05) is 261 Å². The molecule has 0 saturated heterocycles. The van der Waals surface area contributed by atoms with Gasteiger partial charge in [0.05, 0.1) is 25.2 Å². The van der Waals surface area contributed by atoms with Gasteiger partial charge in [-0.25, -0.2) is 0 Å². The molecule has 0 aromatic rings. The van der Waals surface area contributed by atoms with Crippen LogP contribution in [-0.2, 0) is 14.3 Å². The van der Waals surface area contributed by atoms with Crippen LogP contribution in [0.15, 0.2) is 60.8 Å². The third-order valence-corrected chi connectivity index (χ3v) is 12.0. The van der Waals surface area contributed by atoms with Gasteiger partial charge in [-0.3, -0.25) is 9.59 Å². The van der Waals surface area contributed by atoms with E-state index < -0.39 is 18.2 Å². The van der Waals surface area contributed by atoms with E-state index in [9.17, 15) is 19.8 Å². The summed E-state index contributed by atoms with van der Waals surface area (Å²) < 4.78 is 5.93. The molecule has 6 heteroatoms. The van der Waals surface area contributed by atoms with Crippen molar-refractivity contribution in [2.75, 3.05) is 6.61 Å². The van der Waals surface area contributed by atoms with Gasteiger partial charge in [0.25, 0.3) is 0 Å². The fourth-order valence-corrected chi connectivity index (χ4v) is 7.93. The zero-order chi connectivity index (χ0) is 45.2. The monoisotopic (exact) mass is 868 g/mol. The van der Waals surface area contributed by atoms with Gasteiger partial charge in [0.15, 0.2) is 0 Å². The van der Waals surface area contributed by atoms with E-state index in [-0.39, 0.29) is 24.9 Å². The second-order valence-electron chi connectivity index (χ2n) is 18.1. The number of hydrogen-bond donors (Lipinski definition) is 3. The van der Waals surface area contributed by atoms with Crippen molar-refractivity contribution in [3.05, 3.63) is 60.8 Å². The van der Waals surface area contributed by atoms with Crippen molar-refractivity contribution in [1.82, 2.24) is 5.32 Å². The molecule has 0 spiro atoms. The van der Waals surface area contributed by atoms with Crippen LogP contribution in [0.25, 0.3) is 0 Å². The molecule has 0 aliphatic heterocycles. The third kappa shape index (κ3) is 44.2. The van der Waals surface area contributed by atoms with Gasteiger partial charge >= 0.3 is 5.97 Å². The highest BCUT2D eigenvalue weighted by atomic mass is 16.5. The number of carbonyl (C=O) groups excluding carboxylic acids is 2. The van der Waals surface area contributed by atoms with Crippen LogP contribution in [0.5, 0.6) is 0 Å². The first-order valence-corrected chi connectivity index (χ1v) is 26.6. The van der Waals surface area contributed by atoms with Crippen LogP contribution < -0.4 is 5.32 Å². The van der Waals surface area contributed by atoms with Crippen LogP contribution >= 0.6 is 0 Å². The molecule has 3 atom stereocenters. The number of unbranched alkanes of at least 4 members (excludes halogenated alkanes) is 29. The summed E-state index contributed by atoms with van der Waals surface area (Å²) in [5.74, 6) is -0.496. The van der Waals surface area contributed by atoms with E-state index in [2.05, 4.69) is 62.5 Å². The van der Waals surface area contributed by atoms with Crippen molar-refractivity contribution in [2.24, 2.45) is 0 Å². The number of esters is 1. The average molecular weight is 868 g/mol. The summed E-state index contributed by atoms with van der Waals surface area (Å²) in [5, 5.41) is 23.8. The topological polar surface area (TPSA) is 95.9 Å². The molecule has 0 aromatic carbocycles. The molecular formula is C56H101NO5. The zero-order valence-electron chi connectivity index (χ0n) is 41.0.